The fourth-order valence-corrected chi connectivity index (χ4v) is 21.1. The summed E-state index contributed by atoms with van der Waals surface area (Å²) in [6, 6.07) is 28.0. The molecule has 6 saturated heterocycles. The number of amides is 16. The highest BCUT2D eigenvalue weighted by Crippen LogP contribution is 2.35. The van der Waals surface area contributed by atoms with E-state index in [1.54, 1.807) is 128 Å². The smallest absolute Gasteiger partial charge is 0.315 e. The van der Waals surface area contributed by atoms with Gasteiger partial charge in [-0.25, -0.2) is 9.59 Å². The second kappa shape index (κ2) is 50.6. The van der Waals surface area contributed by atoms with Crippen molar-refractivity contribution in [3.63, 3.8) is 0 Å². The number of nitrogens with two attached hydrogens (primary N) is 2. The number of nitrogens with zero attached hydrogens (tertiary/aromatic N) is 2. The Hall–Kier alpha value is -12.1. The van der Waals surface area contributed by atoms with E-state index in [1.165, 1.54) is 11.8 Å². The molecule has 6 aliphatic heterocycles. The van der Waals surface area contributed by atoms with Crippen LogP contribution in [0, 0.1) is 11.3 Å². The highest BCUT2D eigenvalue weighted by molar-refractivity contribution is 8.00. The normalized spacial score (nSPS) is 20.2. The minimum atomic E-state index is -1.85. The Bertz CT molecular complexity index is 5180. The third kappa shape index (κ3) is 30.7. The van der Waals surface area contributed by atoms with Crippen LogP contribution in [0.2, 0.25) is 5.02 Å². The number of likely N-dealkylation sites (tertiary alicyclic amines) is 1. The molecule has 6 heterocycles. The molecule has 0 aliphatic carbocycles. The van der Waals surface area contributed by atoms with Crippen molar-refractivity contribution in [3.8, 4) is 0 Å². The molecule has 0 saturated carbocycles. The molecule has 0 aromatic heterocycles. The molecule has 16 amide bonds. The molecule has 0 bridgehead atoms. The van der Waals surface area contributed by atoms with Crippen molar-refractivity contribution in [1.82, 2.24) is 84.2 Å². The van der Waals surface area contributed by atoms with E-state index in [0.29, 0.717) is 97.1 Å². The summed E-state index contributed by atoms with van der Waals surface area (Å²) in [5.41, 5.74) is 15.2. The Morgan fingerprint density at radius 1 is 0.500 bits per heavy atom. The lowest BCUT2D eigenvalue weighted by atomic mass is 9.99. The first kappa shape index (κ1) is 103. The number of aliphatic hydroxyl groups excluding tert-OH is 1. The third-order valence-electron chi connectivity index (χ3n) is 25.3. The topological polar surface area (TPSA) is 531 Å². The minimum Gasteiger partial charge on any atom is -0.394 e. The molecule has 36 nitrogen and oxygen atoms in total. The van der Waals surface area contributed by atoms with Gasteiger partial charge < -0.3 is 106 Å². The van der Waals surface area contributed by atoms with Gasteiger partial charge >= 0.3 is 12.1 Å². The molecule has 0 spiro atoms. The van der Waals surface area contributed by atoms with Crippen molar-refractivity contribution in [1.29, 1.82) is 5.41 Å². The van der Waals surface area contributed by atoms with Gasteiger partial charge in [-0.15, -0.1) is 0 Å². The number of rotatable bonds is 49. The molecule has 6 aromatic rings. The predicted molar refractivity (Wildman–Crippen MR) is 519 cm³/mol. The number of nitrogens with one attached hydrogen (secondary N) is 16. The summed E-state index contributed by atoms with van der Waals surface area (Å²) in [5.74, 6) is -8.13. The number of hydrogen-bond acceptors (Lipinski definition) is 20. The lowest BCUT2D eigenvalue weighted by Crippen LogP contribution is -2.62. The first-order chi connectivity index (χ1) is 65.4. The number of thioether (sulfide) groups is 2. The van der Waals surface area contributed by atoms with Gasteiger partial charge in [-0.1, -0.05) is 160 Å². The number of unbranched alkanes of at least 4 members (excludes halogenated alkanes) is 2. The number of carbonyl (C=O) groups excluding carboxylic acids is 14. The van der Waals surface area contributed by atoms with Crippen molar-refractivity contribution in [2.24, 2.45) is 17.4 Å². The van der Waals surface area contributed by atoms with Gasteiger partial charge in [-0.3, -0.25) is 67.8 Å². The maximum atomic E-state index is 15.8. The molecule has 6 aromatic carbocycles. The van der Waals surface area contributed by atoms with E-state index < -0.39 is 132 Å². The Kier molecular flexibility index (Phi) is 38.3. The van der Waals surface area contributed by atoms with E-state index in [-0.39, 0.29) is 148 Å². The molecular weight excluding hydrogens is 1800 g/mol. The van der Waals surface area contributed by atoms with Gasteiger partial charge in [0.1, 0.15) is 60.4 Å². The summed E-state index contributed by atoms with van der Waals surface area (Å²) < 4.78 is 5.60. The molecule has 0 radical (unpaired) electrons. The van der Waals surface area contributed by atoms with E-state index in [4.69, 9.17) is 33.2 Å². The highest BCUT2D eigenvalue weighted by atomic mass is 35.5. The highest BCUT2D eigenvalue weighted by Gasteiger charge is 2.46. The van der Waals surface area contributed by atoms with Gasteiger partial charge in [0.15, 0.2) is 5.96 Å². The average Bonchev–Trinajstić information content (AvgIpc) is 1.66. The summed E-state index contributed by atoms with van der Waals surface area (Å²) >= 11 is 9.95. The van der Waals surface area contributed by atoms with Crippen LogP contribution in [0.1, 0.15) is 138 Å². The number of anilines is 1. The predicted octanol–water partition coefficient (Wildman–Crippen LogP) is 3.39. The summed E-state index contributed by atoms with van der Waals surface area (Å²) in [6.07, 6.45) is 4.12. The molecule has 136 heavy (non-hydrogen) atoms. The molecule has 21 N–H and O–H groups in total. The van der Waals surface area contributed by atoms with Crippen LogP contribution in [0.3, 0.4) is 0 Å². The van der Waals surface area contributed by atoms with Gasteiger partial charge in [-0.2, -0.15) is 23.5 Å². The maximum absolute atomic E-state index is 15.8. The summed E-state index contributed by atoms with van der Waals surface area (Å²) in [5, 5.41) is 64.5. The maximum Gasteiger partial charge on any atom is 0.315 e. The van der Waals surface area contributed by atoms with Gasteiger partial charge in [-0.05, 0) is 139 Å². The number of benzene rings is 6. The van der Waals surface area contributed by atoms with Crippen LogP contribution in [0.4, 0.5) is 15.3 Å². The zero-order chi connectivity index (χ0) is 96.9. The first-order valence-electron chi connectivity index (χ1n) is 46.9. The molecule has 0 unspecified atom stereocenters. The molecule has 39 heteroatoms. The Balaban J connectivity index is 0.801. The Morgan fingerprint density at radius 2 is 0.956 bits per heavy atom. The van der Waals surface area contributed by atoms with E-state index in [1.807, 2.05) is 54.6 Å². The monoisotopic (exact) mass is 1930 g/mol. The largest absolute Gasteiger partial charge is 0.394 e. The van der Waals surface area contributed by atoms with Crippen LogP contribution in [0.15, 0.2) is 146 Å². The first-order valence-corrected chi connectivity index (χ1v) is 49.3. The number of primary amides is 1. The number of fused-ring (bicyclic) bond motifs is 3. The van der Waals surface area contributed by atoms with Crippen molar-refractivity contribution >= 4 is 140 Å². The summed E-state index contributed by atoms with van der Waals surface area (Å²) in [6.45, 7) is 7.20. The van der Waals surface area contributed by atoms with Gasteiger partial charge in [0.25, 0.3) is 0 Å². The third-order valence-corrected chi connectivity index (χ3v) is 28.5. The van der Waals surface area contributed by atoms with Gasteiger partial charge in [0.2, 0.25) is 70.9 Å². The summed E-state index contributed by atoms with van der Waals surface area (Å²) in [4.78, 5) is 204. The van der Waals surface area contributed by atoms with E-state index >= 15 is 33.6 Å². The molecule has 6 aliphatic rings. The van der Waals surface area contributed by atoms with E-state index in [2.05, 4.69) is 84.7 Å². The van der Waals surface area contributed by atoms with Crippen LogP contribution in [0.5, 0.6) is 0 Å². The number of halogens is 1. The molecule has 12 rings (SSSR count). The van der Waals surface area contributed by atoms with E-state index in [0.717, 1.165) is 47.1 Å². The van der Waals surface area contributed by atoms with Crippen LogP contribution < -0.4 is 91.2 Å². The number of hydrogen-bond donors (Lipinski definition) is 19. The van der Waals surface area contributed by atoms with Gasteiger partial charge in [0.05, 0.1) is 44.0 Å². The zero-order valence-electron chi connectivity index (χ0n) is 76.8. The Morgan fingerprint density at radius 3 is 1.49 bits per heavy atom. The minimum absolute atomic E-state index is 0.00529. The number of aliphatic hydroxyl groups is 1. The molecule has 6 fully saturated rings. The zero-order valence-corrected chi connectivity index (χ0v) is 79.2. The molecular formula is C97H127ClN20O16S2. The summed E-state index contributed by atoms with van der Waals surface area (Å²) in [7, 11) is 0. The van der Waals surface area contributed by atoms with Crippen LogP contribution in [-0.2, 0) is 101 Å². The lowest BCUT2D eigenvalue weighted by Gasteiger charge is -2.31. The number of morpholine rings is 1. The number of ether oxygens (including phenoxy) is 1. The quantitative estimate of drug-likeness (QED) is 0.0113. The van der Waals surface area contributed by atoms with Crippen LogP contribution in [0.25, 0.3) is 10.8 Å². The van der Waals surface area contributed by atoms with Crippen molar-refractivity contribution in [3.05, 3.63) is 184 Å². The average molecular weight is 1930 g/mol. The number of urea groups is 2. The standard InChI is InChI=1S/C97H127ClN20O16S2/c1-56(2)45-69(86(123)106-68(19-13-39-102-95(100)101)94(131)118-40-14-20-78(118)93(130)103-57(3)85(99)122)107-88(125)73(50-61-32-37-67(38-33-61)104-81(120)23-11-9-21-79-83-76(54-135-79)113-96(132)115-83)110-90(127)74(48-59-25-27-62(28-26-59)52-117-41-43-134-44-42-117)111-92(129)75(53-119)112-91(128)71(47-58-15-5-4-6-16-58)109-89(126)72(49-60-30-35-66(98)36-31-60)108-87(124)70(51-63-29-34-64-17-7-8-18-65(64)46-63)105-82(121)24-12-10-22-80-84-77(55-136-80)114-97(133)116-84/h4-8,15-18,25-38,46,56-57,68-80,83-84,119H,9-14,19-24,39-45,47-55H2,1-3H3,(H2,99,122)(H,103,130)(H,104,120)(H,105,121)(H,106,123)(H,107,125)(H,108,124)(H,109,126)(H,110,127)(H,111,129)(H,112,128)(H4,100,101,102)(H2,113,115,132)(H2,114,116,133)/t57-,68+,69+,70-,71-,72-,73-,74+,75+,76+,77+,78+,79+,80+,83+,84+/m1/s1. The van der Waals surface area contributed by atoms with Crippen molar-refractivity contribution < 1.29 is 77.0 Å². The second-order valence-electron chi connectivity index (χ2n) is 36.2. The second-order valence-corrected chi connectivity index (χ2v) is 39.1. The van der Waals surface area contributed by atoms with E-state index in [9.17, 15) is 38.7 Å². The van der Waals surface area contributed by atoms with Crippen LogP contribution in [-0.4, -0.2) is 256 Å². The van der Waals surface area contributed by atoms with Crippen molar-refractivity contribution in [2.45, 2.75) is 238 Å². The molecule has 730 valence electrons. The fourth-order valence-electron chi connectivity index (χ4n) is 17.9. The molecule has 16 atom stereocenters. The van der Waals surface area contributed by atoms with Gasteiger partial charge in [0, 0.05) is 110 Å². The Labute approximate surface area is 804 Å². The number of carbonyl (C=O) groups is 14. The number of guanidine groups is 1. The van der Waals surface area contributed by atoms with Crippen molar-refractivity contribution in [2.75, 3.05) is 62.8 Å². The SMILES string of the molecule is CC(C)C[C@H](NC(=O)[C@@H](Cc1ccc(NC(=O)CCCC[C@@H]2SC[C@@H]3NC(=O)N[C@@H]32)cc1)NC(=O)[C@H](Cc1ccc(CN2CCOCC2)cc1)NC(=O)[C@H](CO)NC(=O)[C@@H](Cc1ccccc1)NC(=O)[C@@H](Cc1ccc(Cl)cc1)NC(=O)[C@@H](Cc1ccc2ccccc2c1)NC(=O)CCCC[C@@H]1SC[C@@H]2NC(=O)N[C@@H]21)C(=O)N[C@@H](CCCNC(=N)N)C(=O)N1CCC[C@H]1C(=O)N[C@H](C)C(N)=O. The van der Waals surface area contributed by atoms with Crippen LogP contribution >= 0.6 is 35.1 Å². The lowest BCUT2D eigenvalue weighted by molar-refractivity contribution is -0.142. The fraction of sp³-hybridized carbons (Fsp3) is 0.495.